The lowest BCUT2D eigenvalue weighted by atomic mass is 10.1. The molecule has 2 heterocycles. The van der Waals surface area contributed by atoms with Gasteiger partial charge in [0.2, 0.25) is 5.91 Å². The highest BCUT2D eigenvalue weighted by Gasteiger charge is 2.27. The molecule has 0 unspecified atom stereocenters. The standard InChI is InChI=1S/C22H34N4O3/c1-22(2,3)23-20(27)15-24(4)21(28)16-26-10-8-25(9-11-26)14-17-5-6-19-18(13-17)7-12-29-19/h5-6,13H,7-12,14-16H2,1-4H3,(H,23,27)/p+2. The smallest absolute Gasteiger partial charge is 0.277 e. The van der Waals surface area contributed by atoms with Crippen LogP contribution < -0.4 is 19.9 Å². The average molecular weight is 405 g/mol. The fourth-order valence-electron chi connectivity index (χ4n) is 4.06. The summed E-state index contributed by atoms with van der Waals surface area (Å²) in [5.41, 5.74) is 2.42. The topological polar surface area (TPSA) is 67.5 Å². The first-order valence-electron chi connectivity index (χ1n) is 10.7. The van der Waals surface area contributed by atoms with Crippen LogP contribution in [0.3, 0.4) is 0 Å². The van der Waals surface area contributed by atoms with Crippen LogP contribution in [-0.2, 0) is 22.6 Å². The van der Waals surface area contributed by atoms with E-state index in [-0.39, 0.29) is 23.9 Å². The van der Waals surface area contributed by atoms with E-state index >= 15 is 0 Å². The van der Waals surface area contributed by atoms with E-state index in [4.69, 9.17) is 4.74 Å². The third-order valence-electron chi connectivity index (χ3n) is 5.59. The Morgan fingerprint density at radius 2 is 1.83 bits per heavy atom. The first-order valence-corrected chi connectivity index (χ1v) is 10.7. The summed E-state index contributed by atoms with van der Waals surface area (Å²) >= 11 is 0. The fraction of sp³-hybridized carbons (Fsp3) is 0.636. The molecular weight excluding hydrogens is 368 g/mol. The van der Waals surface area contributed by atoms with Gasteiger partial charge in [0.05, 0.1) is 13.2 Å². The van der Waals surface area contributed by atoms with Gasteiger partial charge in [0, 0.05) is 24.6 Å². The van der Waals surface area contributed by atoms with Gasteiger partial charge in [-0.05, 0) is 44.5 Å². The lowest BCUT2D eigenvalue weighted by Crippen LogP contribution is -3.28. The quantitative estimate of drug-likeness (QED) is 0.528. The van der Waals surface area contributed by atoms with Crippen molar-refractivity contribution in [3.63, 3.8) is 0 Å². The van der Waals surface area contributed by atoms with E-state index in [0.717, 1.165) is 51.5 Å². The summed E-state index contributed by atoms with van der Waals surface area (Å²) in [5.74, 6) is 0.959. The van der Waals surface area contributed by atoms with Crippen molar-refractivity contribution >= 4 is 11.8 Å². The highest BCUT2D eigenvalue weighted by molar-refractivity contribution is 5.85. The van der Waals surface area contributed by atoms with Crippen LogP contribution >= 0.6 is 0 Å². The molecule has 2 aliphatic rings. The molecule has 1 fully saturated rings. The zero-order chi connectivity index (χ0) is 21.0. The van der Waals surface area contributed by atoms with Crippen molar-refractivity contribution in [1.82, 2.24) is 10.2 Å². The van der Waals surface area contributed by atoms with Crippen molar-refractivity contribution in [3.8, 4) is 5.75 Å². The Hall–Kier alpha value is -2.12. The Kier molecular flexibility index (Phi) is 6.80. The summed E-state index contributed by atoms with van der Waals surface area (Å²) in [6.07, 6.45) is 1.01. The predicted octanol–water partition coefficient (Wildman–Crippen LogP) is -1.72. The largest absolute Gasteiger partial charge is 0.493 e. The molecule has 1 aromatic carbocycles. The molecule has 7 nitrogen and oxygen atoms in total. The first-order chi connectivity index (χ1) is 13.7. The SMILES string of the molecule is CN(CC(=O)NC(C)(C)C)C(=O)C[NH+]1CC[NH+](Cc2ccc3c(c2)CCO3)CC1. The molecule has 0 spiro atoms. The van der Waals surface area contributed by atoms with E-state index < -0.39 is 0 Å². The molecule has 0 atom stereocenters. The van der Waals surface area contributed by atoms with Crippen LogP contribution in [0, 0.1) is 0 Å². The molecule has 0 radical (unpaired) electrons. The molecule has 2 aliphatic heterocycles. The maximum absolute atomic E-state index is 12.5. The molecule has 2 amide bonds. The number of hydrogen-bond donors (Lipinski definition) is 3. The Bertz CT molecular complexity index is 736. The van der Waals surface area contributed by atoms with Gasteiger partial charge in [-0.3, -0.25) is 9.59 Å². The highest BCUT2D eigenvalue weighted by Crippen LogP contribution is 2.25. The number of amides is 2. The van der Waals surface area contributed by atoms with Crippen molar-refractivity contribution in [2.24, 2.45) is 0 Å². The molecule has 0 aliphatic carbocycles. The number of fused-ring (bicyclic) bond motifs is 1. The van der Waals surface area contributed by atoms with Crippen LogP contribution in [0.2, 0.25) is 0 Å². The van der Waals surface area contributed by atoms with Gasteiger partial charge in [-0.1, -0.05) is 0 Å². The average Bonchev–Trinajstić information content (AvgIpc) is 3.09. The van der Waals surface area contributed by atoms with Crippen molar-refractivity contribution in [3.05, 3.63) is 29.3 Å². The van der Waals surface area contributed by atoms with Crippen LogP contribution in [-0.4, -0.2) is 75.2 Å². The summed E-state index contributed by atoms with van der Waals surface area (Å²) < 4.78 is 5.59. The zero-order valence-electron chi connectivity index (χ0n) is 18.3. The molecular formula is C22H36N4O3+2. The summed E-state index contributed by atoms with van der Waals surface area (Å²) in [4.78, 5) is 28.9. The second-order valence-electron chi connectivity index (χ2n) is 9.44. The maximum Gasteiger partial charge on any atom is 0.277 e. The van der Waals surface area contributed by atoms with E-state index in [9.17, 15) is 9.59 Å². The zero-order valence-corrected chi connectivity index (χ0v) is 18.3. The molecule has 3 rings (SSSR count). The minimum absolute atomic E-state index is 0.0335. The molecule has 3 N–H and O–H groups in total. The second kappa shape index (κ2) is 9.13. The van der Waals surface area contributed by atoms with Crippen molar-refractivity contribution < 1.29 is 24.1 Å². The summed E-state index contributed by atoms with van der Waals surface area (Å²) in [7, 11) is 1.71. The normalized spacial score (nSPS) is 21.2. The third-order valence-corrected chi connectivity index (χ3v) is 5.59. The van der Waals surface area contributed by atoms with Gasteiger partial charge in [0.25, 0.3) is 5.91 Å². The number of nitrogens with zero attached hydrogens (tertiary/aromatic N) is 1. The summed E-state index contributed by atoms with van der Waals surface area (Å²) in [6.45, 7) is 12.3. The predicted molar refractivity (Wildman–Crippen MR) is 111 cm³/mol. The number of likely N-dealkylation sites (N-methyl/N-ethyl adjacent to an activating group) is 1. The number of benzene rings is 1. The van der Waals surface area contributed by atoms with Crippen LogP contribution in [0.15, 0.2) is 18.2 Å². The summed E-state index contributed by atoms with van der Waals surface area (Å²) in [5, 5.41) is 2.90. The Morgan fingerprint density at radius 3 is 2.52 bits per heavy atom. The molecule has 0 aromatic heterocycles. The van der Waals surface area contributed by atoms with Gasteiger partial charge in [0.15, 0.2) is 6.54 Å². The monoisotopic (exact) mass is 404 g/mol. The number of hydrogen-bond acceptors (Lipinski definition) is 3. The lowest BCUT2D eigenvalue weighted by Gasteiger charge is -2.30. The molecule has 1 aromatic rings. The first kappa shape index (κ1) is 21.6. The Balaban J connectivity index is 1.40. The van der Waals surface area contributed by atoms with Crippen LogP contribution in [0.25, 0.3) is 0 Å². The van der Waals surface area contributed by atoms with Crippen molar-refractivity contribution in [2.75, 3.05) is 52.9 Å². The number of quaternary nitrogens is 2. The molecule has 7 heteroatoms. The Morgan fingerprint density at radius 1 is 1.14 bits per heavy atom. The molecule has 160 valence electrons. The lowest BCUT2D eigenvalue weighted by molar-refractivity contribution is -1.02. The molecule has 0 saturated carbocycles. The van der Waals surface area contributed by atoms with E-state index in [2.05, 4.69) is 23.5 Å². The number of piperazine rings is 1. The van der Waals surface area contributed by atoms with Gasteiger partial charge in [0.1, 0.15) is 38.5 Å². The molecule has 29 heavy (non-hydrogen) atoms. The van der Waals surface area contributed by atoms with E-state index in [0.29, 0.717) is 6.54 Å². The van der Waals surface area contributed by atoms with Crippen LogP contribution in [0.5, 0.6) is 5.75 Å². The number of nitrogens with one attached hydrogen (secondary N) is 3. The minimum Gasteiger partial charge on any atom is -0.493 e. The number of ether oxygens (including phenoxy) is 1. The summed E-state index contributed by atoms with van der Waals surface area (Å²) in [6, 6.07) is 6.57. The number of carbonyl (C=O) groups is 2. The fourth-order valence-corrected chi connectivity index (χ4v) is 4.06. The molecule has 0 bridgehead atoms. The highest BCUT2D eigenvalue weighted by atomic mass is 16.5. The maximum atomic E-state index is 12.5. The second-order valence-corrected chi connectivity index (χ2v) is 9.44. The van der Waals surface area contributed by atoms with Gasteiger partial charge in [-0.2, -0.15) is 0 Å². The van der Waals surface area contributed by atoms with Crippen molar-refractivity contribution in [2.45, 2.75) is 39.3 Å². The van der Waals surface area contributed by atoms with Crippen molar-refractivity contribution in [1.29, 1.82) is 0 Å². The van der Waals surface area contributed by atoms with Gasteiger partial charge < -0.3 is 24.8 Å². The minimum atomic E-state index is -0.281. The number of rotatable bonds is 6. The van der Waals surface area contributed by atoms with Gasteiger partial charge in [-0.25, -0.2) is 0 Å². The van der Waals surface area contributed by atoms with E-state index in [1.165, 1.54) is 16.0 Å². The number of carbonyl (C=O) groups excluding carboxylic acids is 2. The van der Waals surface area contributed by atoms with E-state index in [1.54, 1.807) is 16.8 Å². The van der Waals surface area contributed by atoms with Crippen LogP contribution in [0.4, 0.5) is 0 Å². The van der Waals surface area contributed by atoms with E-state index in [1.807, 2.05) is 20.8 Å². The molecule has 1 saturated heterocycles. The van der Waals surface area contributed by atoms with Gasteiger partial charge in [-0.15, -0.1) is 0 Å². The Labute approximate surface area is 174 Å². The van der Waals surface area contributed by atoms with Gasteiger partial charge >= 0.3 is 0 Å². The van der Waals surface area contributed by atoms with Crippen LogP contribution in [0.1, 0.15) is 31.9 Å². The third kappa shape index (κ3) is 6.44.